The number of hydrogen-bond donors (Lipinski definition) is 1. The zero-order valence-corrected chi connectivity index (χ0v) is 11.3. The summed E-state index contributed by atoms with van der Waals surface area (Å²) in [5.74, 6) is 0.835. The molecule has 0 aliphatic carbocycles. The second-order valence-corrected chi connectivity index (χ2v) is 4.90. The number of aliphatic hydroxyl groups excluding tert-OH is 1. The van der Waals surface area contributed by atoms with Gasteiger partial charge < -0.3 is 14.7 Å². The summed E-state index contributed by atoms with van der Waals surface area (Å²) in [6, 6.07) is 7.28. The number of aliphatic hydroxyl groups is 1. The quantitative estimate of drug-likeness (QED) is 0.904. The molecule has 0 aromatic heterocycles. The smallest absolute Gasteiger partial charge is 0.253 e. The maximum atomic E-state index is 12.2. The fourth-order valence-electron chi connectivity index (χ4n) is 2.17. The highest BCUT2D eigenvalue weighted by Gasteiger charge is 2.22. The average molecular weight is 263 g/mol. The largest absolute Gasteiger partial charge is 0.494 e. The van der Waals surface area contributed by atoms with E-state index in [1.54, 1.807) is 17.0 Å². The third kappa shape index (κ3) is 3.70. The van der Waals surface area contributed by atoms with Crippen LogP contribution in [0.5, 0.6) is 5.75 Å². The maximum Gasteiger partial charge on any atom is 0.253 e. The lowest BCUT2D eigenvalue weighted by Gasteiger charge is -2.29. The SMILES string of the molecule is CCCOc1ccc(C(=O)N2CCC(O)CC2)cc1. The monoisotopic (exact) mass is 263 g/mol. The van der Waals surface area contributed by atoms with E-state index in [0.29, 0.717) is 38.1 Å². The Bertz CT molecular complexity index is 408. The van der Waals surface area contributed by atoms with Gasteiger partial charge in [-0.1, -0.05) is 6.92 Å². The van der Waals surface area contributed by atoms with Gasteiger partial charge in [0.05, 0.1) is 12.7 Å². The summed E-state index contributed by atoms with van der Waals surface area (Å²) in [5, 5.41) is 9.44. The molecule has 1 aliphatic rings. The molecule has 19 heavy (non-hydrogen) atoms. The summed E-state index contributed by atoms with van der Waals surface area (Å²) in [5.41, 5.74) is 0.681. The zero-order valence-electron chi connectivity index (χ0n) is 11.3. The van der Waals surface area contributed by atoms with Gasteiger partial charge in [-0.25, -0.2) is 0 Å². The summed E-state index contributed by atoms with van der Waals surface area (Å²) < 4.78 is 5.49. The molecule has 1 heterocycles. The molecule has 1 fully saturated rings. The molecule has 1 aliphatic heterocycles. The number of carbonyl (C=O) groups excluding carboxylic acids is 1. The van der Waals surface area contributed by atoms with E-state index >= 15 is 0 Å². The lowest BCUT2D eigenvalue weighted by molar-refractivity contribution is 0.0546. The Morgan fingerprint density at radius 3 is 2.53 bits per heavy atom. The first kappa shape index (κ1) is 13.9. The number of carbonyl (C=O) groups is 1. The van der Waals surface area contributed by atoms with E-state index in [1.807, 2.05) is 12.1 Å². The maximum absolute atomic E-state index is 12.2. The molecule has 0 saturated carbocycles. The summed E-state index contributed by atoms with van der Waals surface area (Å²) in [6.45, 7) is 4.02. The molecule has 1 saturated heterocycles. The third-order valence-corrected chi connectivity index (χ3v) is 3.33. The second kappa shape index (κ2) is 6.57. The summed E-state index contributed by atoms with van der Waals surface area (Å²) in [7, 11) is 0. The number of benzene rings is 1. The van der Waals surface area contributed by atoms with Gasteiger partial charge in [0.1, 0.15) is 5.75 Å². The molecular weight excluding hydrogens is 242 g/mol. The Morgan fingerprint density at radius 1 is 1.32 bits per heavy atom. The van der Waals surface area contributed by atoms with Crippen LogP contribution in [-0.2, 0) is 0 Å². The van der Waals surface area contributed by atoms with Gasteiger partial charge in [-0.05, 0) is 43.5 Å². The fourth-order valence-corrected chi connectivity index (χ4v) is 2.17. The molecule has 1 amide bonds. The molecule has 2 rings (SSSR count). The summed E-state index contributed by atoms with van der Waals surface area (Å²) >= 11 is 0. The molecule has 1 aromatic carbocycles. The van der Waals surface area contributed by atoms with E-state index in [9.17, 15) is 9.90 Å². The van der Waals surface area contributed by atoms with E-state index in [1.165, 1.54) is 0 Å². The normalized spacial score (nSPS) is 16.4. The van der Waals surface area contributed by atoms with Crippen LogP contribution < -0.4 is 4.74 Å². The lowest BCUT2D eigenvalue weighted by atomic mass is 10.1. The van der Waals surface area contributed by atoms with Crippen molar-refractivity contribution in [1.82, 2.24) is 4.90 Å². The van der Waals surface area contributed by atoms with Crippen LogP contribution in [0.15, 0.2) is 24.3 Å². The minimum Gasteiger partial charge on any atom is -0.494 e. The average Bonchev–Trinajstić information content (AvgIpc) is 2.46. The fraction of sp³-hybridized carbons (Fsp3) is 0.533. The molecule has 0 spiro atoms. The van der Waals surface area contributed by atoms with Crippen LogP contribution in [0, 0.1) is 0 Å². The molecule has 0 unspecified atom stereocenters. The Hall–Kier alpha value is -1.55. The van der Waals surface area contributed by atoms with Gasteiger partial charge in [0.25, 0.3) is 5.91 Å². The highest BCUT2D eigenvalue weighted by Crippen LogP contribution is 2.17. The van der Waals surface area contributed by atoms with Crippen molar-refractivity contribution in [3.05, 3.63) is 29.8 Å². The minimum atomic E-state index is -0.256. The van der Waals surface area contributed by atoms with Crippen LogP contribution in [0.25, 0.3) is 0 Å². The number of hydrogen-bond acceptors (Lipinski definition) is 3. The van der Waals surface area contributed by atoms with Gasteiger partial charge in [0.15, 0.2) is 0 Å². The Labute approximate surface area is 114 Å². The molecule has 0 bridgehead atoms. The molecule has 104 valence electrons. The molecule has 1 N–H and O–H groups in total. The van der Waals surface area contributed by atoms with Gasteiger partial charge in [0, 0.05) is 18.7 Å². The Morgan fingerprint density at radius 2 is 1.95 bits per heavy atom. The Balaban J connectivity index is 1.95. The van der Waals surface area contributed by atoms with Gasteiger partial charge in [-0.3, -0.25) is 4.79 Å². The highest BCUT2D eigenvalue weighted by molar-refractivity contribution is 5.94. The highest BCUT2D eigenvalue weighted by atomic mass is 16.5. The van der Waals surface area contributed by atoms with Crippen molar-refractivity contribution in [3.63, 3.8) is 0 Å². The number of rotatable bonds is 4. The van der Waals surface area contributed by atoms with Crippen molar-refractivity contribution >= 4 is 5.91 Å². The molecule has 4 nitrogen and oxygen atoms in total. The Kier molecular flexibility index (Phi) is 4.80. The summed E-state index contributed by atoms with van der Waals surface area (Å²) in [6.07, 6.45) is 2.05. The van der Waals surface area contributed by atoms with Crippen LogP contribution in [0.3, 0.4) is 0 Å². The number of likely N-dealkylation sites (tertiary alicyclic amines) is 1. The zero-order chi connectivity index (χ0) is 13.7. The predicted molar refractivity (Wildman–Crippen MR) is 73.4 cm³/mol. The van der Waals surface area contributed by atoms with E-state index in [-0.39, 0.29) is 12.0 Å². The van der Waals surface area contributed by atoms with Crippen LogP contribution in [0.2, 0.25) is 0 Å². The molecule has 0 radical (unpaired) electrons. The number of piperidine rings is 1. The van der Waals surface area contributed by atoms with Gasteiger partial charge in [-0.15, -0.1) is 0 Å². The topological polar surface area (TPSA) is 49.8 Å². The second-order valence-electron chi connectivity index (χ2n) is 4.90. The van der Waals surface area contributed by atoms with Crippen molar-refractivity contribution in [2.45, 2.75) is 32.3 Å². The van der Waals surface area contributed by atoms with Crippen molar-refractivity contribution in [2.24, 2.45) is 0 Å². The number of nitrogens with zero attached hydrogens (tertiary/aromatic N) is 1. The van der Waals surface area contributed by atoms with Crippen molar-refractivity contribution < 1.29 is 14.6 Å². The van der Waals surface area contributed by atoms with Crippen LogP contribution in [0.1, 0.15) is 36.5 Å². The van der Waals surface area contributed by atoms with E-state index in [0.717, 1.165) is 12.2 Å². The first-order valence-electron chi connectivity index (χ1n) is 6.91. The lowest BCUT2D eigenvalue weighted by Crippen LogP contribution is -2.40. The summed E-state index contributed by atoms with van der Waals surface area (Å²) in [4.78, 5) is 14.0. The first-order valence-corrected chi connectivity index (χ1v) is 6.91. The van der Waals surface area contributed by atoms with E-state index < -0.39 is 0 Å². The van der Waals surface area contributed by atoms with Crippen LogP contribution >= 0.6 is 0 Å². The van der Waals surface area contributed by atoms with Crippen LogP contribution in [0.4, 0.5) is 0 Å². The molecule has 4 heteroatoms. The van der Waals surface area contributed by atoms with Gasteiger partial charge in [-0.2, -0.15) is 0 Å². The van der Waals surface area contributed by atoms with Gasteiger partial charge >= 0.3 is 0 Å². The van der Waals surface area contributed by atoms with Crippen molar-refractivity contribution in [1.29, 1.82) is 0 Å². The third-order valence-electron chi connectivity index (χ3n) is 3.33. The first-order chi connectivity index (χ1) is 9.20. The molecular formula is C15H21NO3. The van der Waals surface area contributed by atoms with Crippen molar-refractivity contribution in [3.8, 4) is 5.75 Å². The minimum absolute atomic E-state index is 0.0361. The van der Waals surface area contributed by atoms with Crippen molar-refractivity contribution in [2.75, 3.05) is 19.7 Å². The van der Waals surface area contributed by atoms with E-state index in [2.05, 4.69) is 6.92 Å². The van der Waals surface area contributed by atoms with Gasteiger partial charge in [0.2, 0.25) is 0 Å². The number of ether oxygens (including phenoxy) is 1. The molecule has 0 atom stereocenters. The number of amides is 1. The standard InChI is InChI=1S/C15H21NO3/c1-2-11-19-14-5-3-12(4-6-14)15(18)16-9-7-13(17)8-10-16/h3-6,13,17H,2,7-11H2,1H3. The predicted octanol–water partition coefficient (Wildman–Crippen LogP) is 2.07. The van der Waals surface area contributed by atoms with E-state index in [4.69, 9.17) is 4.74 Å². The molecule has 1 aromatic rings. The van der Waals surface area contributed by atoms with Crippen LogP contribution in [-0.4, -0.2) is 41.7 Å².